The van der Waals surface area contributed by atoms with Crippen LogP contribution in [0.5, 0.6) is 0 Å². The summed E-state index contributed by atoms with van der Waals surface area (Å²) in [5, 5.41) is 9.72. The van der Waals surface area contributed by atoms with E-state index in [1.54, 1.807) is 24.5 Å². The van der Waals surface area contributed by atoms with Crippen LogP contribution in [0.2, 0.25) is 0 Å². The molecule has 110 valence electrons. The first-order valence-corrected chi connectivity index (χ1v) is 7.67. The van der Waals surface area contributed by atoms with E-state index >= 15 is 0 Å². The number of methoxy groups -OCH3 is 1. The smallest absolute Gasteiger partial charge is 0.328 e. The molecular weight excluding hydrogens is 276 g/mol. The van der Waals surface area contributed by atoms with Crippen LogP contribution >= 0.6 is 11.3 Å². The number of aliphatic carboxylic acids is 1. The molecule has 0 saturated carbocycles. The van der Waals surface area contributed by atoms with Gasteiger partial charge in [0, 0.05) is 26.3 Å². The van der Waals surface area contributed by atoms with Crippen LogP contribution in [0, 0.1) is 0 Å². The molecule has 0 radical (unpaired) electrons. The summed E-state index contributed by atoms with van der Waals surface area (Å²) in [5.41, 5.74) is 0.814. The Kier molecular flexibility index (Phi) is 5.55. The lowest BCUT2D eigenvalue weighted by Gasteiger charge is -2.18. The van der Waals surface area contributed by atoms with E-state index in [9.17, 15) is 4.79 Å². The van der Waals surface area contributed by atoms with Crippen LogP contribution in [-0.2, 0) is 16.1 Å². The Labute approximate surface area is 122 Å². The quantitative estimate of drug-likeness (QED) is 0.847. The van der Waals surface area contributed by atoms with Crippen molar-refractivity contribution in [1.29, 1.82) is 0 Å². The van der Waals surface area contributed by atoms with Crippen LogP contribution < -0.4 is 4.90 Å². The molecule has 6 heteroatoms. The number of nitrogens with zero attached hydrogens (tertiary/aromatic N) is 2. The van der Waals surface area contributed by atoms with Crippen molar-refractivity contribution < 1.29 is 14.6 Å². The van der Waals surface area contributed by atoms with E-state index in [0.717, 1.165) is 34.9 Å². The van der Waals surface area contributed by atoms with E-state index in [2.05, 4.69) is 9.88 Å². The van der Waals surface area contributed by atoms with Crippen LogP contribution in [0.15, 0.2) is 6.08 Å². The van der Waals surface area contributed by atoms with Gasteiger partial charge in [-0.1, -0.05) is 24.2 Å². The molecule has 0 unspecified atom stereocenters. The number of thiazole rings is 1. The number of carboxylic acid groups (broad SMARTS) is 1. The van der Waals surface area contributed by atoms with Crippen LogP contribution in [-0.4, -0.2) is 36.3 Å². The van der Waals surface area contributed by atoms with Crippen molar-refractivity contribution >= 4 is 28.5 Å². The third kappa shape index (κ3) is 4.05. The number of ether oxygens (including phenoxy) is 1. The normalized spacial score (nSPS) is 16.6. The second kappa shape index (κ2) is 7.40. The Balaban J connectivity index is 2.20. The molecule has 0 bridgehead atoms. The number of aromatic nitrogens is 1. The SMILES string of the molecule is COCc1nc(N2CCCCCC2)sc1/C=C/C(=O)O. The summed E-state index contributed by atoms with van der Waals surface area (Å²) in [6.07, 6.45) is 7.70. The fourth-order valence-corrected chi connectivity index (χ4v) is 3.29. The largest absolute Gasteiger partial charge is 0.478 e. The fourth-order valence-electron chi connectivity index (χ4n) is 2.27. The molecule has 0 aromatic carbocycles. The molecule has 0 aliphatic carbocycles. The molecule has 0 amide bonds. The van der Waals surface area contributed by atoms with Crippen molar-refractivity contribution in [3.63, 3.8) is 0 Å². The highest BCUT2D eigenvalue weighted by Crippen LogP contribution is 2.29. The van der Waals surface area contributed by atoms with Crippen molar-refractivity contribution in [2.24, 2.45) is 0 Å². The minimum Gasteiger partial charge on any atom is -0.478 e. The first-order chi connectivity index (χ1) is 9.70. The molecule has 0 atom stereocenters. The monoisotopic (exact) mass is 296 g/mol. The van der Waals surface area contributed by atoms with Gasteiger partial charge in [0.2, 0.25) is 0 Å². The molecule has 5 nitrogen and oxygen atoms in total. The van der Waals surface area contributed by atoms with Crippen molar-refractivity contribution in [2.75, 3.05) is 25.1 Å². The maximum absolute atomic E-state index is 10.7. The summed E-state index contributed by atoms with van der Waals surface area (Å²) in [6, 6.07) is 0. The van der Waals surface area contributed by atoms with Gasteiger partial charge in [-0.2, -0.15) is 0 Å². The minimum atomic E-state index is -0.946. The fraction of sp³-hybridized carbons (Fsp3) is 0.571. The van der Waals surface area contributed by atoms with Crippen molar-refractivity contribution in [2.45, 2.75) is 32.3 Å². The van der Waals surface area contributed by atoms with Gasteiger partial charge >= 0.3 is 5.97 Å². The molecule has 1 aliphatic rings. The van der Waals surface area contributed by atoms with Gasteiger partial charge in [-0.05, 0) is 18.9 Å². The Hall–Kier alpha value is -1.40. The summed E-state index contributed by atoms with van der Waals surface area (Å²) < 4.78 is 5.15. The van der Waals surface area contributed by atoms with E-state index in [4.69, 9.17) is 9.84 Å². The molecule has 2 rings (SSSR count). The van der Waals surface area contributed by atoms with Gasteiger partial charge in [0.1, 0.15) is 0 Å². The maximum atomic E-state index is 10.7. The molecule has 2 heterocycles. The van der Waals surface area contributed by atoms with Crippen molar-refractivity contribution in [3.8, 4) is 0 Å². The number of hydrogen-bond donors (Lipinski definition) is 1. The zero-order chi connectivity index (χ0) is 14.4. The third-order valence-electron chi connectivity index (χ3n) is 3.25. The van der Waals surface area contributed by atoms with Crippen molar-refractivity contribution in [1.82, 2.24) is 4.98 Å². The lowest BCUT2D eigenvalue weighted by molar-refractivity contribution is -0.131. The zero-order valence-corrected chi connectivity index (χ0v) is 12.5. The van der Waals surface area contributed by atoms with E-state index in [-0.39, 0.29) is 0 Å². The second-order valence-electron chi connectivity index (χ2n) is 4.81. The van der Waals surface area contributed by atoms with Gasteiger partial charge in [-0.25, -0.2) is 9.78 Å². The summed E-state index contributed by atoms with van der Waals surface area (Å²) in [5.74, 6) is -0.946. The molecular formula is C14H20N2O3S. The minimum absolute atomic E-state index is 0.406. The number of anilines is 1. The van der Waals surface area contributed by atoms with Crippen LogP contribution in [0.4, 0.5) is 5.13 Å². The van der Waals surface area contributed by atoms with Gasteiger partial charge in [-0.3, -0.25) is 0 Å². The van der Waals surface area contributed by atoms with Gasteiger partial charge < -0.3 is 14.7 Å². The van der Waals surface area contributed by atoms with Gasteiger partial charge in [-0.15, -0.1) is 0 Å². The highest BCUT2D eigenvalue weighted by molar-refractivity contribution is 7.16. The first kappa shape index (κ1) is 15.0. The third-order valence-corrected chi connectivity index (χ3v) is 4.37. The highest BCUT2D eigenvalue weighted by Gasteiger charge is 2.16. The Morgan fingerprint density at radius 1 is 1.40 bits per heavy atom. The van der Waals surface area contributed by atoms with Crippen molar-refractivity contribution in [3.05, 3.63) is 16.6 Å². The predicted molar refractivity (Wildman–Crippen MR) is 80.2 cm³/mol. The average Bonchev–Trinajstić information content (AvgIpc) is 2.64. The highest BCUT2D eigenvalue weighted by atomic mass is 32.1. The second-order valence-corrected chi connectivity index (χ2v) is 5.82. The summed E-state index contributed by atoms with van der Waals surface area (Å²) in [7, 11) is 1.62. The lowest BCUT2D eigenvalue weighted by Crippen LogP contribution is -2.23. The standard InChI is InChI=1S/C14H20N2O3S/c1-19-10-11-12(6-7-13(17)18)20-14(15-11)16-8-4-2-3-5-9-16/h6-7H,2-5,8-10H2,1H3,(H,17,18)/b7-6+. The van der Waals surface area contributed by atoms with E-state index in [1.165, 1.54) is 25.7 Å². The molecule has 0 spiro atoms. The van der Waals surface area contributed by atoms with Gasteiger partial charge in [0.25, 0.3) is 0 Å². The first-order valence-electron chi connectivity index (χ1n) is 6.85. The Morgan fingerprint density at radius 2 is 2.10 bits per heavy atom. The lowest BCUT2D eigenvalue weighted by atomic mass is 10.2. The van der Waals surface area contributed by atoms with E-state index in [0.29, 0.717) is 6.61 Å². The van der Waals surface area contributed by atoms with E-state index < -0.39 is 5.97 Å². The van der Waals surface area contributed by atoms with Crippen LogP contribution in [0.25, 0.3) is 6.08 Å². The number of hydrogen-bond acceptors (Lipinski definition) is 5. The van der Waals surface area contributed by atoms with Gasteiger partial charge in [0.05, 0.1) is 17.2 Å². The average molecular weight is 296 g/mol. The molecule has 1 N–H and O–H groups in total. The van der Waals surface area contributed by atoms with Crippen LogP contribution in [0.1, 0.15) is 36.3 Å². The Bertz CT molecular complexity index is 477. The van der Waals surface area contributed by atoms with Crippen LogP contribution in [0.3, 0.4) is 0 Å². The topological polar surface area (TPSA) is 62.7 Å². The molecule has 1 fully saturated rings. The molecule has 20 heavy (non-hydrogen) atoms. The van der Waals surface area contributed by atoms with E-state index in [1.807, 2.05) is 0 Å². The Morgan fingerprint density at radius 3 is 2.70 bits per heavy atom. The number of carbonyl (C=O) groups is 1. The molecule has 1 aliphatic heterocycles. The molecule has 1 saturated heterocycles. The van der Waals surface area contributed by atoms with Gasteiger partial charge in [0.15, 0.2) is 5.13 Å². The number of rotatable bonds is 5. The summed E-state index contributed by atoms with van der Waals surface area (Å²) in [6.45, 7) is 2.47. The predicted octanol–water partition coefficient (Wildman–Crippen LogP) is 2.77. The molecule has 1 aromatic heterocycles. The maximum Gasteiger partial charge on any atom is 0.328 e. The molecule has 1 aromatic rings. The zero-order valence-electron chi connectivity index (χ0n) is 11.7. The summed E-state index contributed by atoms with van der Waals surface area (Å²) >= 11 is 1.54. The number of carboxylic acids is 1. The summed E-state index contributed by atoms with van der Waals surface area (Å²) in [4.78, 5) is 18.4.